The van der Waals surface area contributed by atoms with Crippen LogP contribution >= 0.6 is 11.3 Å². The zero-order valence-electron chi connectivity index (χ0n) is 24.2. The fourth-order valence-corrected chi connectivity index (χ4v) is 6.16. The number of alkyl carbamates (subject to hydrolysis) is 1. The van der Waals surface area contributed by atoms with Gasteiger partial charge in [0.25, 0.3) is 11.8 Å². The number of carbonyl (C=O) groups is 3. The van der Waals surface area contributed by atoms with Crippen LogP contribution < -0.4 is 15.4 Å². The fourth-order valence-electron chi connectivity index (χ4n) is 5.13. The molecule has 10 nitrogen and oxygen atoms in total. The molecular formula is C30H35N5O5S. The zero-order valence-corrected chi connectivity index (χ0v) is 25.0. The predicted molar refractivity (Wildman–Crippen MR) is 159 cm³/mol. The molecule has 0 saturated carbocycles. The van der Waals surface area contributed by atoms with Crippen molar-refractivity contribution in [2.24, 2.45) is 13.0 Å². The number of nitrogens with one attached hydrogen (secondary N) is 2. The van der Waals surface area contributed by atoms with E-state index in [0.29, 0.717) is 47.1 Å². The Hall–Kier alpha value is -4.12. The summed E-state index contributed by atoms with van der Waals surface area (Å²) in [6, 6.07) is 9.25. The summed E-state index contributed by atoms with van der Waals surface area (Å²) in [4.78, 5) is 44.7. The van der Waals surface area contributed by atoms with Crippen molar-refractivity contribution in [3.05, 3.63) is 52.7 Å². The summed E-state index contributed by atoms with van der Waals surface area (Å²) in [6.45, 7) is 9.04. The highest BCUT2D eigenvalue weighted by Crippen LogP contribution is 2.37. The average molecular weight is 578 g/mol. The standard InChI is InChI=1S/C30H35N5O5S/c1-17-25(27(36)31-5)20-8-7-19(13-22(20)34(17)6)39-23-9-11-32-21-14-24(41-26(21)23)28(37)35-12-10-18(16-35)15-33-29(38)40-30(2,3)4/h7-9,11,13-14,18H,10,12,15-16H2,1-6H3,(H,31,36)(H,33,38). The van der Waals surface area contributed by atoms with Crippen molar-refractivity contribution in [1.82, 2.24) is 25.1 Å². The largest absolute Gasteiger partial charge is 0.456 e. The summed E-state index contributed by atoms with van der Waals surface area (Å²) in [5.74, 6) is 1.21. The minimum Gasteiger partial charge on any atom is -0.456 e. The molecule has 2 N–H and O–H groups in total. The molecule has 1 fully saturated rings. The maximum absolute atomic E-state index is 13.4. The van der Waals surface area contributed by atoms with Crippen molar-refractivity contribution in [2.45, 2.75) is 39.7 Å². The number of rotatable bonds is 6. The van der Waals surface area contributed by atoms with Gasteiger partial charge in [0.15, 0.2) is 0 Å². The number of thiophene rings is 1. The number of fused-ring (bicyclic) bond motifs is 2. The van der Waals surface area contributed by atoms with Crippen LogP contribution in [0.2, 0.25) is 0 Å². The van der Waals surface area contributed by atoms with Crippen molar-refractivity contribution in [3.8, 4) is 11.5 Å². The highest BCUT2D eigenvalue weighted by molar-refractivity contribution is 7.21. The van der Waals surface area contributed by atoms with E-state index in [1.54, 1.807) is 25.4 Å². The minimum atomic E-state index is -0.553. The van der Waals surface area contributed by atoms with Crippen molar-refractivity contribution in [3.63, 3.8) is 0 Å². The van der Waals surface area contributed by atoms with Crippen LogP contribution in [0.4, 0.5) is 4.79 Å². The number of likely N-dealkylation sites (tertiary alicyclic amines) is 1. The molecule has 5 rings (SSSR count). The number of aryl methyl sites for hydroxylation is 1. The fraction of sp³-hybridized carbons (Fsp3) is 0.400. The Morgan fingerprint density at radius 2 is 1.95 bits per heavy atom. The van der Waals surface area contributed by atoms with Crippen molar-refractivity contribution in [1.29, 1.82) is 0 Å². The van der Waals surface area contributed by atoms with Gasteiger partial charge in [-0.25, -0.2) is 4.79 Å². The number of ether oxygens (including phenoxy) is 2. The number of benzene rings is 1. The summed E-state index contributed by atoms with van der Waals surface area (Å²) >= 11 is 1.36. The first kappa shape index (κ1) is 28.4. The number of hydrogen-bond acceptors (Lipinski definition) is 7. The first-order chi connectivity index (χ1) is 19.4. The van der Waals surface area contributed by atoms with Gasteiger partial charge >= 0.3 is 6.09 Å². The monoisotopic (exact) mass is 577 g/mol. The van der Waals surface area contributed by atoms with E-state index in [4.69, 9.17) is 9.47 Å². The van der Waals surface area contributed by atoms with Crippen LogP contribution in [-0.4, -0.2) is 64.6 Å². The molecule has 11 heteroatoms. The van der Waals surface area contributed by atoms with E-state index >= 15 is 0 Å². The van der Waals surface area contributed by atoms with Gasteiger partial charge in [-0.05, 0) is 58.2 Å². The second-order valence-corrected chi connectivity index (χ2v) is 12.4. The van der Waals surface area contributed by atoms with Crippen molar-refractivity contribution in [2.75, 3.05) is 26.7 Å². The normalized spacial score (nSPS) is 15.4. The molecule has 216 valence electrons. The number of hydrogen-bond donors (Lipinski definition) is 2. The van der Waals surface area contributed by atoms with Gasteiger partial charge in [0.05, 0.1) is 26.2 Å². The lowest BCUT2D eigenvalue weighted by atomic mass is 10.1. The predicted octanol–water partition coefficient (Wildman–Crippen LogP) is 5.24. The quantitative estimate of drug-likeness (QED) is 0.324. The van der Waals surface area contributed by atoms with Crippen LogP contribution in [0.25, 0.3) is 21.1 Å². The number of carbonyl (C=O) groups excluding carboxylic acids is 3. The lowest BCUT2D eigenvalue weighted by Gasteiger charge is -2.20. The molecule has 1 saturated heterocycles. The Kier molecular flexibility index (Phi) is 7.65. The van der Waals surface area contributed by atoms with Gasteiger partial charge < -0.3 is 29.6 Å². The van der Waals surface area contributed by atoms with Gasteiger partial charge in [-0.1, -0.05) is 0 Å². The molecular weight excluding hydrogens is 542 g/mol. The van der Waals surface area contributed by atoms with Gasteiger partial charge in [-0.15, -0.1) is 11.3 Å². The topological polar surface area (TPSA) is 115 Å². The Morgan fingerprint density at radius 3 is 2.68 bits per heavy atom. The third kappa shape index (κ3) is 5.85. The van der Waals surface area contributed by atoms with Gasteiger partial charge in [-0.3, -0.25) is 14.6 Å². The molecule has 0 bridgehead atoms. The highest BCUT2D eigenvalue weighted by Gasteiger charge is 2.29. The lowest BCUT2D eigenvalue weighted by Crippen LogP contribution is -2.36. The van der Waals surface area contributed by atoms with Gasteiger partial charge in [0, 0.05) is 63.1 Å². The summed E-state index contributed by atoms with van der Waals surface area (Å²) in [5, 5.41) is 6.38. The maximum atomic E-state index is 13.4. The van der Waals surface area contributed by atoms with Crippen LogP contribution in [0.15, 0.2) is 36.5 Å². The third-order valence-electron chi connectivity index (χ3n) is 7.24. The first-order valence-corrected chi connectivity index (χ1v) is 14.4. The highest BCUT2D eigenvalue weighted by atomic mass is 32.1. The van der Waals surface area contributed by atoms with E-state index in [2.05, 4.69) is 15.6 Å². The van der Waals surface area contributed by atoms with E-state index in [9.17, 15) is 14.4 Å². The van der Waals surface area contributed by atoms with Crippen LogP contribution in [0.5, 0.6) is 11.5 Å². The number of aromatic nitrogens is 2. The lowest BCUT2D eigenvalue weighted by molar-refractivity contribution is 0.0520. The van der Waals surface area contributed by atoms with E-state index in [1.165, 1.54) is 11.3 Å². The van der Waals surface area contributed by atoms with E-state index in [1.807, 2.05) is 62.4 Å². The second-order valence-electron chi connectivity index (χ2n) is 11.3. The molecule has 0 aliphatic carbocycles. The summed E-state index contributed by atoms with van der Waals surface area (Å²) in [6.07, 6.45) is 2.03. The van der Waals surface area contributed by atoms with Crippen LogP contribution in [-0.2, 0) is 11.8 Å². The molecule has 4 heterocycles. The van der Waals surface area contributed by atoms with Gasteiger partial charge in [-0.2, -0.15) is 0 Å². The summed E-state index contributed by atoms with van der Waals surface area (Å²) in [5.41, 5.74) is 2.54. The molecule has 3 aromatic heterocycles. The van der Waals surface area contributed by atoms with Gasteiger partial charge in [0.1, 0.15) is 17.1 Å². The molecule has 0 spiro atoms. The van der Waals surface area contributed by atoms with Crippen molar-refractivity contribution < 1.29 is 23.9 Å². The zero-order chi connectivity index (χ0) is 29.5. The Balaban J connectivity index is 1.30. The van der Waals surface area contributed by atoms with Crippen LogP contribution in [0, 0.1) is 12.8 Å². The average Bonchev–Trinajstić information content (AvgIpc) is 3.64. The maximum Gasteiger partial charge on any atom is 0.407 e. The first-order valence-electron chi connectivity index (χ1n) is 13.6. The van der Waals surface area contributed by atoms with E-state index < -0.39 is 11.7 Å². The summed E-state index contributed by atoms with van der Waals surface area (Å²) < 4.78 is 14.4. The minimum absolute atomic E-state index is 0.0545. The summed E-state index contributed by atoms with van der Waals surface area (Å²) in [7, 11) is 3.55. The number of nitrogens with zero attached hydrogens (tertiary/aromatic N) is 3. The van der Waals surface area contributed by atoms with Crippen molar-refractivity contribution >= 4 is 50.4 Å². The van der Waals surface area contributed by atoms with Crippen LogP contribution in [0.3, 0.4) is 0 Å². The second kappa shape index (κ2) is 11.0. The molecule has 1 unspecified atom stereocenters. The van der Waals surface area contributed by atoms with E-state index in [-0.39, 0.29) is 17.7 Å². The smallest absolute Gasteiger partial charge is 0.407 e. The molecule has 1 atom stereocenters. The Morgan fingerprint density at radius 1 is 1.17 bits per heavy atom. The molecule has 1 aliphatic heterocycles. The molecule has 4 aromatic rings. The van der Waals surface area contributed by atoms with E-state index in [0.717, 1.165) is 27.7 Å². The Bertz CT molecular complexity index is 1650. The molecule has 1 aromatic carbocycles. The number of pyridine rings is 1. The molecule has 3 amide bonds. The molecule has 0 radical (unpaired) electrons. The number of amides is 3. The third-order valence-corrected chi connectivity index (χ3v) is 8.37. The van der Waals surface area contributed by atoms with Gasteiger partial charge in [0.2, 0.25) is 0 Å². The Labute approximate surface area is 242 Å². The molecule has 41 heavy (non-hydrogen) atoms. The van der Waals surface area contributed by atoms with Crippen LogP contribution in [0.1, 0.15) is 52.9 Å². The SMILES string of the molecule is CNC(=O)c1c(C)n(C)c2cc(Oc3ccnc4cc(C(=O)N5CCC(CNC(=O)OC(C)(C)C)C5)sc34)ccc12. The molecule has 1 aliphatic rings.